The van der Waals surface area contributed by atoms with E-state index in [0.29, 0.717) is 12.0 Å². The summed E-state index contributed by atoms with van der Waals surface area (Å²) in [5, 5.41) is 0. The smallest absolute Gasteiger partial charge is 0.319 e. The van der Waals surface area contributed by atoms with Gasteiger partial charge in [-0.1, -0.05) is 20.8 Å². The highest BCUT2D eigenvalue weighted by Crippen LogP contribution is 2.18. The molecule has 0 aromatic carbocycles. The van der Waals surface area contributed by atoms with Gasteiger partial charge in [0.15, 0.2) is 0 Å². The van der Waals surface area contributed by atoms with Crippen molar-refractivity contribution in [2.24, 2.45) is 11.8 Å². The summed E-state index contributed by atoms with van der Waals surface area (Å²) in [6.45, 7) is 10.6. The van der Waals surface area contributed by atoms with Crippen molar-refractivity contribution in [3.8, 4) is 0 Å². The van der Waals surface area contributed by atoms with Crippen LogP contribution in [0.4, 0.5) is 4.79 Å². The second kappa shape index (κ2) is 5.55. The van der Waals surface area contributed by atoms with Crippen LogP contribution >= 0.6 is 0 Å². The lowest BCUT2D eigenvalue weighted by Gasteiger charge is -2.36. The van der Waals surface area contributed by atoms with Crippen molar-refractivity contribution in [2.45, 2.75) is 46.6 Å². The number of likely N-dealkylation sites (tertiary alicyclic amines) is 1. The molecule has 2 amide bonds. The highest BCUT2D eigenvalue weighted by atomic mass is 16.2. The molecule has 1 unspecified atom stereocenters. The monoisotopic (exact) mass is 226 g/mol. The molecule has 1 heterocycles. The summed E-state index contributed by atoms with van der Waals surface area (Å²) in [6.07, 6.45) is 2.30. The van der Waals surface area contributed by atoms with E-state index in [1.807, 2.05) is 16.8 Å². The van der Waals surface area contributed by atoms with Gasteiger partial charge in [-0.25, -0.2) is 4.79 Å². The van der Waals surface area contributed by atoms with Crippen LogP contribution in [0.5, 0.6) is 0 Å². The lowest BCUT2D eigenvalue weighted by Crippen LogP contribution is -2.49. The molecule has 0 aromatic rings. The van der Waals surface area contributed by atoms with Gasteiger partial charge in [0.25, 0.3) is 0 Å². The lowest BCUT2D eigenvalue weighted by atomic mass is 9.99. The lowest BCUT2D eigenvalue weighted by molar-refractivity contribution is 0.123. The molecule has 0 aromatic heterocycles. The Kier molecular flexibility index (Phi) is 4.63. The summed E-state index contributed by atoms with van der Waals surface area (Å²) >= 11 is 0. The predicted molar refractivity (Wildman–Crippen MR) is 67.4 cm³/mol. The molecule has 0 aliphatic carbocycles. The average Bonchev–Trinajstić information content (AvgIpc) is 2.27. The normalized spacial score (nSPS) is 20.0. The van der Waals surface area contributed by atoms with Gasteiger partial charge in [-0.05, 0) is 31.6 Å². The minimum Gasteiger partial charge on any atom is -0.325 e. The zero-order chi connectivity index (χ0) is 12.3. The molecule has 16 heavy (non-hydrogen) atoms. The Bertz CT molecular complexity index is 232. The maximum Gasteiger partial charge on any atom is 0.319 e. The van der Waals surface area contributed by atoms with Gasteiger partial charge in [0.2, 0.25) is 0 Å². The summed E-state index contributed by atoms with van der Waals surface area (Å²) in [4.78, 5) is 16.1. The van der Waals surface area contributed by atoms with Crippen LogP contribution in [0.15, 0.2) is 0 Å². The number of amides is 2. The number of hydrogen-bond donors (Lipinski definition) is 0. The number of nitrogens with zero attached hydrogens (tertiary/aromatic N) is 2. The fourth-order valence-electron chi connectivity index (χ4n) is 2.04. The Hall–Kier alpha value is -0.730. The number of hydrogen-bond acceptors (Lipinski definition) is 1. The molecular formula is C13H26N2O. The van der Waals surface area contributed by atoms with E-state index >= 15 is 0 Å². The Balaban J connectivity index is 2.50. The first-order chi connectivity index (χ1) is 7.43. The summed E-state index contributed by atoms with van der Waals surface area (Å²) in [6, 6.07) is 0.514. The van der Waals surface area contributed by atoms with Crippen LogP contribution in [0.3, 0.4) is 0 Å². The third kappa shape index (κ3) is 3.13. The Morgan fingerprint density at radius 1 is 1.25 bits per heavy atom. The second-order valence-corrected chi connectivity index (χ2v) is 5.55. The van der Waals surface area contributed by atoms with E-state index in [1.54, 1.807) is 0 Å². The molecule has 3 nitrogen and oxygen atoms in total. The average molecular weight is 226 g/mol. The molecule has 1 atom stereocenters. The fourth-order valence-corrected chi connectivity index (χ4v) is 2.04. The summed E-state index contributed by atoms with van der Waals surface area (Å²) in [5.41, 5.74) is 0. The minimum absolute atomic E-state index is 0.202. The highest BCUT2D eigenvalue weighted by molar-refractivity contribution is 5.74. The molecule has 1 rings (SSSR count). The number of urea groups is 1. The van der Waals surface area contributed by atoms with Crippen molar-refractivity contribution in [1.82, 2.24) is 9.80 Å². The summed E-state index contributed by atoms with van der Waals surface area (Å²) in [7, 11) is 1.92. The predicted octanol–water partition coefficient (Wildman–Crippen LogP) is 2.81. The highest BCUT2D eigenvalue weighted by Gasteiger charge is 2.26. The third-order valence-corrected chi connectivity index (χ3v) is 3.93. The van der Waals surface area contributed by atoms with Gasteiger partial charge in [-0.3, -0.25) is 0 Å². The first-order valence-electron chi connectivity index (χ1n) is 6.45. The molecule has 3 heteroatoms. The van der Waals surface area contributed by atoms with Gasteiger partial charge in [0.05, 0.1) is 0 Å². The van der Waals surface area contributed by atoms with Crippen LogP contribution in [0.25, 0.3) is 0 Å². The standard InChI is InChI=1S/C13H26N2O/c1-10(2)12(4)14(5)13(16)15-8-6-11(3)7-9-15/h10-12H,6-9H2,1-5H3. The van der Waals surface area contributed by atoms with Crippen molar-refractivity contribution in [3.05, 3.63) is 0 Å². The van der Waals surface area contributed by atoms with Crippen molar-refractivity contribution in [3.63, 3.8) is 0 Å². The number of carbonyl (C=O) groups excluding carboxylic acids is 1. The number of carbonyl (C=O) groups is 1. The van der Waals surface area contributed by atoms with E-state index < -0.39 is 0 Å². The van der Waals surface area contributed by atoms with Gasteiger partial charge >= 0.3 is 6.03 Å². The van der Waals surface area contributed by atoms with Crippen molar-refractivity contribution >= 4 is 6.03 Å². The molecule has 0 saturated carbocycles. The van der Waals surface area contributed by atoms with E-state index in [0.717, 1.165) is 31.8 Å². The summed E-state index contributed by atoms with van der Waals surface area (Å²) < 4.78 is 0. The molecule has 0 spiro atoms. The maximum atomic E-state index is 12.2. The van der Waals surface area contributed by atoms with E-state index in [2.05, 4.69) is 27.7 Å². The largest absolute Gasteiger partial charge is 0.325 e. The molecule has 0 N–H and O–H groups in total. The van der Waals surface area contributed by atoms with Crippen molar-refractivity contribution < 1.29 is 4.79 Å². The summed E-state index contributed by atoms with van der Waals surface area (Å²) in [5.74, 6) is 1.29. The number of piperidine rings is 1. The van der Waals surface area contributed by atoms with E-state index in [4.69, 9.17) is 0 Å². The van der Waals surface area contributed by atoms with E-state index in [1.165, 1.54) is 0 Å². The van der Waals surface area contributed by atoms with Crippen molar-refractivity contribution in [1.29, 1.82) is 0 Å². The SMILES string of the molecule is CC1CCN(C(=O)N(C)C(C)C(C)C)CC1. The molecular weight excluding hydrogens is 200 g/mol. The van der Waals surface area contributed by atoms with Crippen LogP contribution < -0.4 is 0 Å². The first-order valence-corrected chi connectivity index (χ1v) is 6.45. The van der Waals surface area contributed by atoms with Crippen LogP contribution in [-0.2, 0) is 0 Å². The third-order valence-electron chi connectivity index (χ3n) is 3.93. The fraction of sp³-hybridized carbons (Fsp3) is 0.923. The van der Waals surface area contributed by atoms with Crippen LogP contribution in [0.1, 0.15) is 40.5 Å². The van der Waals surface area contributed by atoms with Gasteiger partial charge in [0.1, 0.15) is 0 Å². The molecule has 1 saturated heterocycles. The van der Waals surface area contributed by atoms with Gasteiger partial charge in [-0.2, -0.15) is 0 Å². The molecule has 0 bridgehead atoms. The van der Waals surface area contributed by atoms with E-state index in [9.17, 15) is 4.79 Å². The van der Waals surface area contributed by atoms with Crippen LogP contribution in [0, 0.1) is 11.8 Å². The molecule has 1 aliphatic heterocycles. The zero-order valence-corrected chi connectivity index (χ0v) is 11.4. The van der Waals surface area contributed by atoms with Gasteiger partial charge < -0.3 is 9.80 Å². The minimum atomic E-state index is 0.202. The van der Waals surface area contributed by atoms with Gasteiger partial charge in [-0.15, -0.1) is 0 Å². The Morgan fingerprint density at radius 3 is 2.19 bits per heavy atom. The quantitative estimate of drug-likeness (QED) is 0.710. The maximum absolute atomic E-state index is 12.2. The van der Waals surface area contributed by atoms with Crippen LogP contribution in [0.2, 0.25) is 0 Å². The molecule has 1 fully saturated rings. The first kappa shape index (κ1) is 13.3. The molecule has 0 radical (unpaired) electrons. The zero-order valence-electron chi connectivity index (χ0n) is 11.4. The van der Waals surface area contributed by atoms with Crippen molar-refractivity contribution in [2.75, 3.05) is 20.1 Å². The van der Waals surface area contributed by atoms with E-state index in [-0.39, 0.29) is 6.03 Å². The Morgan fingerprint density at radius 2 is 1.75 bits per heavy atom. The topological polar surface area (TPSA) is 23.6 Å². The molecule has 1 aliphatic rings. The Labute approximate surface area is 99.8 Å². The molecule has 94 valence electrons. The number of rotatable bonds is 2. The van der Waals surface area contributed by atoms with Crippen LogP contribution in [-0.4, -0.2) is 42.0 Å². The second-order valence-electron chi connectivity index (χ2n) is 5.55. The van der Waals surface area contributed by atoms with Gasteiger partial charge in [0, 0.05) is 26.2 Å².